The molecule has 138 valence electrons. The Morgan fingerprint density at radius 3 is 2.50 bits per heavy atom. The average Bonchev–Trinajstić information content (AvgIpc) is 2.68. The maximum atomic E-state index is 12.9. The van der Waals surface area contributed by atoms with Crippen LogP contribution in [-0.2, 0) is 11.3 Å². The molecule has 0 spiro atoms. The number of hydrogen-bond donors (Lipinski definition) is 0. The molecular formula is C20H27N5O. The van der Waals surface area contributed by atoms with Gasteiger partial charge in [-0.15, -0.1) is 0 Å². The second-order valence-corrected chi connectivity index (χ2v) is 7.09. The number of rotatable bonds is 5. The maximum absolute atomic E-state index is 12.9. The summed E-state index contributed by atoms with van der Waals surface area (Å²) in [5.74, 6) is 0.910. The molecule has 3 rings (SSSR count). The zero-order valence-electron chi connectivity index (χ0n) is 15.8. The van der Waals surface area contributed by atoms with Gasteiger partial charge in [0.1, 0.15) is 0 Å². The summed E-state index contributed by atoms with van der Waals surface area (Å²) in [6.45, 7) is 2.22. The lowest BCUT2D eigenvalue weighted by Crippen LogP contribution is -2.44. The van der Waals surface area contributed by atoms with Crippen molar-refractivity contribution in [2.45, 2.75) is 19.4 Å². The van der Waals surface area contributed by atoms with Crippen LogP contribution < -0.4 is 9.80 Å². The molecule has 6 nitrogen and oxygen atoms in total. The van der Waals surface area contributed by atoms with Crippen LogP contribution in [0.2, 0.25) is 0 Å². The van der Waals surface area contributed by atoms with Crippen molar-refractivity contribution in [1.29, 1.82) is 0 Å². The fourth-order valence-electron chi connectivity index (χ4n) is 3.38. The molecule has 0 bridgehead atoms. The van der Waals surface area contributed by atoms with Crippen LogP contribution in [0.25, 0.3) is 0 Å². The number of carbonyl (C=O) groups is 1. The summed E-state index contributed by atoms with van der Waals surface area (Å²) in [4.78, 5) is 27.6. The van der Waals surface area contributed by atoms with E-state index in [9.17, 15) is 4.79 Å². The van der Waals surface area contributed by atoms with E-state index in [1.54, 1.807) is 12.4 Å². The van der Waals surface area contributed by atoms with Gasteiger partial charge in [0.25, 0.3) is 0 Å². The van der Waals surface area contributed by atoms with E-state index in [2.05, 4.69) is 44.0 Å². The zero-order valence-corrected chi connectivity index (χ0v) is 15.8. The van der Waals surface area contributed by atoms with E-state index in [1.807, 2.05) is 32.1 Å². The molecule has 1 saturated heterocycles. The summed E-state index contributed by atoms with van der Waals surface area (Å²) in [5, 5.41) is 0. The lowest BCUT2D eigenvalue weighted by Gasteiger charge is -2.34. The molecule has 1 amide bonds. The van der Waals surface area contributed by atoms with E-state index in [-0.39, 0.29) is 11.8 Å². The quantitative estimate of drug-likeness (QED) is 0.826. The van der Waals surface area contributed by atoms with Crippen molar-refractivity contribution < 1.29 is 4.79 Å². The van der Waals surface area contributed by atoms with Gasteiger partial charge in [0.2, 0.25) is 11.9 Å². The molecule has 1 aromatic carbocycles. The number of anilines is 2. The third-order valence-corrected chi connectivity index (χ3v) is 4.85. The van der Waals surface area contributed by atoms with Gasteiger partial charge in [-0.25, -0.2) is 9.97 Å². The molecule has 26 heavy (non-hydrogen) atoms. The predicted molar refractivity (Wildman–Crippen MR) is 104 cm³/mol. The largest absolute Gasteiger partial charge is 0.378 e. The van der Waals surface area contributed by atoms with Crippen molar-refractivity contribution in [1.82, 2.24) is 14.9 Å². The molecule has 0 saturated carbocycles. The van der Waals surface area contributed by atoms with E-state index < -0.39 is 0 Å². The molecule has 0 aliphatic carbocycles. The molecule has 0 N–H and O–H groups in total. The minimum absolute atomic E-state index is 0.00129. The van der Waals surface area contributed by atoms with Crippen LogP contribution in [0.4, 0.5) is 11.6 Å². The van der Waals surface area contributed by atoms with Crippen LogP contribution in [0.3, 0.4) is 0 Å². The van der Waals surface area contributed by atoms with E-state index in [4.69, 9.17) is 0 Å². The monoisotopic (exact) mass is 353 g/mol. The highest BCUT2D eigenvalue weighted by Gasteiger charge is 2.29. The smallest absolute Gasteiger partial charge is 0.227 e. The van der Waals surface area contributed by atoms with Crippen molar-refractivity contribution in [3.05, 3.63) is 48.3 Å². The highest BCUT2D eigenvalue weighted by Crippen LogP contribution is 2.22. The molecule has 1 aromatic heterocycles. The normalized spacial score (nSPS) is 17.0. The summed E-state index contributed by atoms with van der Waals surface area (Å²) < 4.78 is 0. The van der Waals surface area contributed by atoms with Crippen molar-refractivity contribution in [2.75, 3.05) is 44.0 Å². The number of aromatic nitrogens is 2. The molecule has 1 unspecified atom stereocenters. The molecule has 1 atom stereocenters. The van der Waals surface area contributed by atoms with Crippen LogP contribution >= 0.6 is 0 Å². The first-order chi connectivity index (χ1) is 12.5. The fourth-order valence-corrected chi connectivity index (χ4v) is 3.38. The Kier molecular flexibility index (Phi) is 5.71. The third kappa shape index (κ3) is 4.31. The Hall–Kier alpha value is -2.63. The number of nitrogens with zero attached hydrogens (tertiary/aromatic N) is 5. The fraction of sp³-hybridized carbons (Fsp3) is 0.450. The first-order valence-electron chi connectivity index (χ1n) is 9.08. The third-order valence-electron chi connectivity index (χ3n) is 4.85. The topological polar surface area (TPSA) is 52.6 Å². The van der Waals surface area contributed by atoms with E-state index in [0.717, 1.165) is 30.6 Å². The Bertz CT molecular complexity index is 717. The Morgan fingerprint density at radius 2 is 1.85 bits per heavy atom. The molecule has 1 aliphatic rings. The SMILES string of the molecule is CN(Cc1ccc(N(C)C)cc1)C(=O)C1CCCN(c2ncccn2)C1. The zero-order chi connectivity index (χ0) is 18.5. The van der Waals surface area contributed by atoms with Gasteiger partial charge in [-0.05, 0) is 36.6 Å². The summed E-state index contributed by atoms with van der Waals surface area (Å²) in [7, 11) is 5.94. The Balaban J connectivity index is 1.60. The molecule has 2 aromatic rings. The molecular weight excluding hydrogens is 326 g/mol. The van der Waals surface area contributed by atoms with Crippen LogP contribution in [0.5, 0.6) is 0 Å². The first-order valence-corrected chi connectivity index (χ1v) is 9.08. The molecule has 0 radical (unpaired) electrons. The van der Waals surface area contributed by atoms with Crippen LogP contribution in [0, 0.1) is 5.92 Å². The summed E-state index contributed by atoms with van der Waals surface area (Å²) >= 11 is 0. The Morgan fingerprint density at radius 1 is 1.15 bits per heavy atom. The van der Waals surface area contributed by atoms with E-state index >= 15 is 0 Å². The first kappa shape index (κ1) is 18.2. The van der Waals surface area contributed by atoms with Crippen molar-refractivity contribution >= 4 is 17.5 Å². The molecule has 1 fully saturated rings. The summed E-state index contributed by atoms with van der Waals surface area (Å²) in [6, 6.07) is 10.2. The van der Waals surface area contributed by atoms with Gasteiger partial charge < -0.3 is 14.7 Å². The van der Waals surface area contributed by atoms with Crippen molar-refractivity contribution in [2.24, 2.45) is 5.92 Å². The van der Waals surface area contributed by atoms with E-state index in [1.165, 1.54) is 0 Å². The lowest BCUT2D eigenvalue weighted by atomic mass is 9.96. The number of benzene rings is 1. The van der Waals surface area contributed by atoms with Crippen LogP contribution in [0.15, 0.2) is 42.7 Å². The van der Waals surface area contributed by atoms with Gasteiger partial charge in [-0.2, -0.15) is 0 Å². The van der Waals surface area contributed by atoms with Crippen LogP contribution in [-0.4, -0.2) is 55.0 Å². The second-order valence-electron chi connectivity index (χ2n) is 7.09. The molecule has 1 aliphatic heterocycles. The van der Waals surface area contributed by atoms with Crippen molar-refractivity contribution in [3.63, 3.8) is 0 Å². The molecule has 6 heteroatoms. The van der Waals surface area contributed by atoms with Gasteiger partial charge in [0.15, 0.2) is 0 Å². The number of amides is 1. The predicted octanol–water partition coefficient (Wildman–Crippen LogP) is 2.42. The number of carbonyl (C=O) groups excluding carboxylic acids is 1. The minimum atomic E-state index is -0.00129. The van der Waals surface area contributed by atoms with Gasteiger partial charge >= 0.3 is 0 Å². The van der Waals surface area contributed by atoms with Crippen molar-refractivity contribution in [3.8, 4) is 0 Å². The standard InChI is InChI=1S/C20H27N5O/c1-23(2)18-9-7-16(8-10-18)14-24(3)19(26)17-6-4-13-25(15-17)20-21-11-5-12-22-20/h5,7-12,17H,4,6,13-15H2,1-3H3. The highest BCUT2D eigenvalue weighted by molar-refractivity contribution is 5.79. The number of hydrogen-bond acceptors (Lipinski definition) is 5. The van der Waals surface area contributed by atoms with E-state index in [0.29, 0.717) is 19.0 Å². The van der Waals surface area contributed by atoms with Gasteiger partial charge in [-0.3, -0.25) is 4.79 Å². The average molecular weight is 353 g/mol. The van der Waals surface area contributed by atoms with Gasteiger partial charge in [0.05, 0.1) is 5.92 Å². The minimum Gasteiger partial charge on any atom is -0.378 e. The summed E-state index contributed by atoms with van der Waals surface area (Å²) in [6.07, 6.45) is 5.40. The highest BCUT2D eigenvalue weighted by atomic mass is 16.2. The second kappa shape index (κ2) is 8.17. The number of piperidine rings is 1. The Labute approximate surface area is 155 Å². The molecule has 2 heterocycles. The lowest BCUT2D eigenvalue weighted by molar-refractivity contribution is -0.135. The van der Waals surface area contributed by atoms with Gasteiger partial charge in [-0.1, -0.05) is 12.1 Å². The summed E-state index contributed by atoms with van der Waals surface area (Å²) in [5.41, 5.74) is 2.30. The van der Waals surface area contributed by atoms with Crippen LogP contribution in [0.1, 0.15) is 18.4 Å². The van der Waals surface area contributed by atoms with Gasteiger partial charge in [0, 0.05) is 58.9 Å². The maximum Gasteiger partial charge on any atom is 0.227 e.